The van der Waals surface area contributed by atoms with Crippen LogP contribution in [0.4, 0.5) is 5.69 Å². The van der Waals surface area contributed by atoms with Crippen LogP contribution in [0.5, 0.6) is 5.75 Å². The molecule has 0 saturated heterocycles. The van der Waals surface area contributed by atoms with E-state index >= 15 is 0 Å². The highest BCUT2D eigenvalue weighted by Crippen LogP contribution is 2.30. The number of methoxy groups -OCH3 is 1. The molecule has 0 aromatic heterocycles. The van der Waals surface area contributed by atoms with Gasteiger partial charge in [-0.25, -0.2) is 9.59 Å². The summed E-state index contributed by atoms with van der Waals surface area (Å²) in [4.78, 5) is 24.2. The van der Waals surface area contributed by atoms with Gasteiger partial charge >= 0.3 is 11.9 Å². The Balaban J connectivity index is 1.79. The zero-order valence-corrected chi connectivity index (χ0v) is 15.8. The van der Waals surface area contributed by atoms with E-state index in [0.717, 1.165) is 0 Å². The van der Waals surface area contributed by atoms with Crippen molar-refractivity contribution in [1.29, 1.82) is 0 Å². The van der Waals surface area contributed by atoms with Crippen LogP contribution in [-0.2, 0) is 14.3 Å². The maximum atomic E-state index is 12.4. The molecule has 3 rings (SSSR count). The van der Waals surface area contributed by atoms with Gasteiger partial charge in [-0.1, -0.05) is 23.7 Å². The number of carbonyl (C=O) groups excluding carboxylic acids is 2. The van der Waals surface area contributed by atoms with E-state index in [0.29, 0.717) is 21.5 Å². The van der Waals surface area contributed by atoms with E-state index in [-0.39, 0.29) is 10.7 Å². The average molecular weight is 439 g/mol. The first-order valence-corrected chi connectivity index (χ1v) is 8.64. The van der Waals surface area contributed by atoms with Gasteiger partial charge in [0, 0.05) is 10.2 Å². The number of esters is 2. The lowest BCUT2D eigenvalue weighted by Gasteiger charge is -2.17. The van der Waals surface area contributed by atoms with Crippen LogP contribution >= 0.6 is 27.5 Å². The van der Waals surface area contributed by atoms with E-state index in [9.17, 15) is 9.59 Å². The summed E-state index contributed by atoms with van der Waals surface area (Å²) >= 11 is 9.29. The Morgan fingerprint density at radius 3 is 2.54 bits per heavy atom. The SMILES string of the molecule is COc1ccc(NC2=C(Cl)C(=O)O[C@H]2OC(=O)c2ccccc2Br)cc1. The van der Waals surface area contributed by atoms with Crippen molar-refractivity contribution in [1.82, 2.24) is 0 Å². The van der Waals surface area contributed by atoms with E-state index < -0.39 is 18.2 Å². The molecule has 1 aliphatic heterocycles. The van der Waals surface area contributed by atoms with Gasteiger partial charge in [-0.05, 0) is 52.3 Å². The fourth-order valence-corrected chi connectivity index (χ4v) is 2.86. The van der Waals surface area contributed by atoms with Crippen LogP contribution in [0.25, 0.3) is 0 Å². The van der Waals surface area contributed by atoms with E-state index in [1.54, 1.807) is 55.6 Å². The first-order chi connectivity index (χ1) is 12.5. The van der Waals surface area contributed by atoms with Crippen LogP contribution in [0.3, 0.4) is 0 Å². The predicted molar refractivity (Wildman–Crippen MR) is 98.9 cm³/mol. The zero-order valence-electron chi connectivity index (χ0n) is 13.5. The lowest BCUT2D eigenvalue weighted by molar-refractivity contribution is -0.152. The summed E-state index contributed by atoms with van der Waals surface area (Å²) in [7, 11) is 1.56. The molecule has 1 heterocycles. The highest BCUT2D eigenvalue weighted by atomic mass is 79.9. The Bertz CT molecular complexity index is 881. The molecule has 0 fully saturated rings. The van der Waals surface area contributed by atoms with Crippen molar-refractivity contribution in [3.63, 3.8) is 0 Å². The number of hydrogen-bond acceptors (Lipinski definition) is 6. The van der Waals surface area contributed by atoms with Gasteiger partial charge in [-0.15, -0.1) is 0 Å². The van der Waals surface area contributed by atoms with Crippen molar-refractivity contribution in [2.45, 2.75) is 6.29 Å². The first-order valence-electron chi connectivity index (χ1n) is 7.47. The molecule has 0 amide bonds. The van der Waals surface area contributed by atoms with Gasteiger partial charge in [-0.2, -0.15) is 0 Å². The van der Waals surface area contributed by atoms with E-state index in [1.807, 2.05) is 0 Å². The van der Waals surface area contributed by atoms with Gasteiger partial charge in [0.15, 0.2) is 5.03 Å². The maximum absolute atomic E-state index is 12.4. The van der Waals surface area contributed by atoms with Gasteiger partial charge in [0.1, 0.15) is 11.4 Å². The molecular formula is C18H13BrClNO5. The third-order valence-corrected chi connectivity index (χ3v) is 4.59. The molecule has 134 valence electrons. The van der Waals surface area contributed by atoms with Crippen molar-refractivity contribution in [2.24, 2.45) is 0 Å². The summed E-state index contributed by atoms with van der Waals surface area (Å²) in [5, 5.41) is 2.78. The van der Waals surface area contributed by atoms with Crippen LogP contribution in [-0.4, -0.2) is 25.3 Å². The number of benzene rings is 2. The van der Waals surface area contributed by atoms with Crippen LogP contribution < -0.4 is 10.1 Å². The quantitative estimate of drug-likeness (QED) is 0.710. The Morgan fingerprint density at radius 1 is 1.19 bits per heavy atom. The molecule has 26 heavy (non-hydrogen) atoms. The van der Waals surface area contributed by atoms with Crippen LogP contribution in [0.2, 0.25) is 0 Å². The van der Waals surface area contributed by atoms with E-state index in [1.165, 1.54) is 0 Å². The van der Waals surface area contributed by atoms with Crippen molar-refractivity contribution in [3.8, 4) is 5.75 Å². The first kappa shape index (κ1) is 18.3. The molecule has 1 atom stereocenters. The highest BCUT2D eigenvalue weighted by molar-refractivity contribution is 9.10. The maximum Gasteiger partial charge on any atom is 0.355 e. The van der Waals surface area contributed by atoms with E-state index in [4.69, 9.17) is 25.8 Å². The molecule has 0 radical (unpaired) electrons. The van der Waals surface area contributed by atoms with Gasteiger partial charge in [0.25, 0.3) is 6.29 Å². The van der Waals surface area contributed by atoms with Crippen molar-refractivity contribution in [2.75, 3.05) is 12.4 Å². The second-order valence-electron chi connectivity index (χ2n) is 5.20. The number of nitrogens with one attached hydrogen (secondary N) is 1. The standard InChI is InChI=1S/C18H13BrClNO5/c1-24-11-8-6-10(7-9-11)21-15-14(20)17(23)26-18(15)25-16(22)12-4-2-3-5-13(12)19/h2-9,18,21H,1H3/t18-/m1/s1. The smallest absolute Gasteiger partial charge is 0.355 e. The number of cyclic esters (lactones) is 1. The molecule has 0 unspecified atom stereocenters. The lowest BCUT2D eigenvalue weighted by atomic mass is 10.2. The minimum absolute atomic E-state index is 0.155. The molecule has 2 aromatic carbocycles. The molecule has 6 nitrogen and oxygen atoms in total. The monoisotopic (exact) mass is 437 g/mol. The molecule has 1 N–H and O–H groups in total. The van der Waals surface area contributed by atoms with E-state index in [2.05, 4.69) is 21.2 Å². The summed E-state index contributed by atoms with van der Waals surface area (Å²) < 4.78 is 16.0. The summed E-state index contributed by atoms with van der Waals surface area (Å²) in [5.41, 5.74) is 1.08. The third kappa shape index (κ3) is 3.84. The third-order valence-electron chi connectivity index (χ3n) is 3.54. The number of anilines is 1. The Hall–Kier alpha value is -2.51. The van der Waals surface area contributed by atoms with Crippen LogP contribution in [0.15, 0.2) is 63.7 Å². The fraction of sp³-hybridized carbons (Fsp3) is 0.111. The summed E-state index contributed by atoms with van der Waals surface area (Å²) in [6, 6.07) is 13.7. The van der Waals surface area contributed by atoms with Gasteiger partial charge in [-0.3, -0.25) is 0 Å². The minimum atomic E-state index is -1.27. The molecule has 0 bridgehead atoms. The van der Waals surface area contributed by atoms with Gasteiger partial charge in [0.05, 0.1) is 12.7 Å². The largest absolute Gasteiger partial charge is 0.497 e. The Morgan fingerprint density at radius 2 is 1.88 bits per heavy atom. The normalized spacial score (nSPS) is 16.3. The lowest BCUT2D eigenvalue weighted by Crippen LogP contribution is -2.24. The molecule has 2 aromatic rings. The number of ether oxygens (including phenoxy) is 3. The summed E-state index contributed by atoms with van der Waals surface area (Å²) in [6.07, 6.45) is -1.27. The fourth-order valence-electron chi connectivity index (χ4n) is 2.24. The topological polar surface area (TPSA) is 73.9 Å². The summed E-state index contributed by atoms with van der Waals surface area (Å²) in [6.45, 7) is 0. The minimum Gasteiger partial charge on any atom is -0.497 e. The predicted octanol–water partition coefficient (Wildman–Crippen LogP) is 4.06. The molecule has 0 saturated carbocycles. The summed E-state index contributed by atoms with van der Waals surface area (Å²) in [5.74, 6) is -0.755. The van der Waals surface area contributed by atoms with Crippen LogP contribution in [0, 0.1) is 0 Å². The number of rotatable bonds is 5. The number of carbonyl (C=O) groups is 2. The highest BCUT2D eigenvalue weighted by Gasteiger charge is 2.37. The molecule has 1 aliphatic rings. The van der Waals surface area contributed by atoms with Gasteiger partial charge in [0.2, 0.25) is 0 Å². The van der Waals surface area contributed by atoms with Crippen LogP contribution in [0.1, 0.15) is 10.4 Å². The van der Waals surface area contributed by atoms with Crippen molar-refractivity contribution >= 4 is 45.2 Å². The Labute approximate surface area is 162 Å². The average Bonchev–Trinajstić information content (AvgIpc) is 2.90. The van der Waals surface area contributed by atoms with Gasteiger partial charge < -0.3 is 19.5 Å². The molecular weight excluding hydrogens is 426 g/mol. The second kappa shape index (κ2) is 7.80. The van der Waals surface area contributed by atoms with Crippen molar-refractivity contribution in [3.05, 3.63) is 69.3 Å². The molecule has 8 heteroatoms. The zero-order chi connectivity index (χ0) is 18.7. The second-order valence-corrected chi connectivity index (χ2v) is 6.44. The van der Waals surface area contributed by atoms with Crippen molar-refractivity contribution < 1.29 is 23.8 Å². The Kier molecular flexibility index (Phi) is 5.49. The molecule has 0 aliphatic carbocycles. The number of halogens is 2. The molecule has 0 spiro atoms. The number of hydrogen-bond donors (Lipinski definition) is 1.